The number of aryl methyl sites for hydroxylation is 2. The predicted molar refractivity (Wildman–Crippen MR) is 125 cm³/mol. The molecule has 4 rings (SSSR count). The number of aromatic nitrogens is 2. The van der Waals surface area contributed by atoms with Gasteiger partial charge in [-0.05, 0) is 18.2 Å². The molecule has 9 heteroatoms. The molecule has 2 heterocycles. The number of imidazole rings is 1. The molecule has 0 spiro atoms. The zero-order chi connectivity index (χ0) is 21.0. The summed E-state index contributed by atoms with van der Waals surface area (Å²) in [6.45, 7) is 0. The van der Waals surface area contributed by atoms with Crippen LogP contribution in [0.3, 0.4) is 0 Å². The monoisotopic (exact) mass is 502 g/mol. The third kappa shape index (κ3) is 3.65. The normalized spacial score (nSPS) is 13.4. The van der Waals surface area contributed by atoms with Crippen molar-refractivity contribution in [3.63, 3.8) is 0 Å². The number of hydrogen-bond acceptors (Lipinski definition) is 2. The van der Waals surface area contributed by atoms with Gasteiger partial charge in [0.05, 0.1) is 45.6 Å². The number of anilines is 2. The molecule has 1 aliphatic heterocycles. The minimum Gasteiger partial charge on any atom is -1.00 e. The number of fused-ring (bicyclic) bond motifs is 2. The summed E-state index contributed by atoms with van der Waals surface area (Å²) in [6.07, 6.45) is 6.13. The number of halogens is 5. The molecule has 3 aromatic rings. The number of allylic oxidation sites excluding steroid dienone is 2. The van der Waals surface area contributed by atoms with Crippen LogP contribution in [0.1, 0.15) is 5.82 Å². The Morgan fingerprint density at radius 1 is 0.800 bits per heavy atom. The SMILES string of the molecule is CN1C(=C/C=C/c2n(C)c3cc(Cl)c(Cl)cc3[n+]2C)N(C)c2cc(Cl)c(Cl)cc21.[Cl-]. The van der Waals surface area contributed by atoms with E-state index in [1.54, 1.807) is 0 Å². The highest BCUT2D eigenvalue weighted by Gasteiger charge is 2.27. The van der Waals surface area contributed by atoms with Crippen molar-refractivity contribution in [3.8, 4) is 0 Å². The minimum absolute atomic E-state index is 0. The number of hydrogen-bond donors (Lipinski definition) is 0. The summed E-state index contributed by atoms with van der Waals surface area (Å²) < 4.78 is 4.17. The molecule has 0 bridgehead atoms. The molecule has 0 saturated carbocycles. The summed E-state index contributed by atoms with van der Waals surface area (Å²) in [4.78, 5) is 4.17. The lowest BCUT2D eigenvalue weighted by atomic mass is 10.2. The van der Waals surface area contributed by atoms with E-state index >= 15 is 0 Å². The average molecular weight is 505 g/mol. The van der Waals surface area contributed by atoms with Crippen molar-refractivity contribution in [3.05, 3.63) is 68.2 Å². The quantitative estimate of drug-likeness (QED) is 0.499. The van der Waals surface area contributed by atoms with Gasteiger partial charge < -0.3 is 22.2 Å². The Labute approximate surface area is 201 Å². The average Bonchev–Trinajstić information content (AvgIpc) is 3.03. The lowest BCUT2D eigenvalue weighted by Gasteiger charge is -2.17. The second-order valence-electron chi connectivity index (χ2n) is 6.99. The van der Waals surface area contributed by atoms with Crippen LogP contribution in [0.25, 0.3) is 17.1 Å². The van der Waals surface area contributed by atoms with Crippen molar-refractivity contribution in [2.75, 3.05) is 23.9 Å². The summed E-state index contributed by atoms with van der Waals surface area (Å²) in [5, 5.41) is 2.18. The van der Waals surface area contributed by atoms with Gasteiger partial charge in [0.25, 0.3) is 5.82 Å². The van der Waals surface area contributed by atoms with E-state index in [0.29, 0.717) is 20.1 Å². The van der Waals surface area contributed by atoms with Gasteiger partial charge in [-0.2, -0.15) is 0 Å². The van der Waals surface area contributed by atoms with Gasteiger partial charge in [-0.3, -0.25) is 0 Å². The number of benzene rings is 2. The van der Waals surface area contributed by atoms with Gasteiger partial charge in [0, 0.05) is 32.3 Å². The molecule has 0 saturated heterocycles. The van der Waals surface area contributed by atoms with Crippen LogP contribution in [-0.2, 0) is 14.1 Å². The van der Waals surface area contributed by atoms with Crippen molar-refractivity contribution in [1.82, 2.24) is 4.57 Å². The number of nitrogens with zero attached hydrogens (tertiary/aromatic N) is 4. The van der Waals surface area contributed by atoms with Crippen LogP contribution in [0.5, 0.6) is 0 Å². The number of rotatable bonds is 2. The summed E-state index contributed by atoms with van der Waals surface area (Å²) in [6, 6.07) is 7.55. The van der Waals surface area contributed by atoms with Crippen LogP contribution in [-0.4, -0.2) is 18.7 Å². The molecular formula is C21H19Cl5N4. The molecule has 0 aliphatic carbocycles. The largest absolute Gasteiger partial charge is 1.00 e. The van der Waals surface area contributed by atoms with E-state index < -0.39 is 0 Å². The molecule has 1 aliphatic rings. The maximum atomic E-state index is 6.20. The summed E-state index contributed by atoms with van der Waals surface area (Å²) in [5.41, 5.74) is 4.06. The van der Waals surface area contributed by atoms with Gasteiger partial charge >= 0.3 is 0 Å². The third-order valence-corrected chi connectivity index (χ3v) is 6.79. The van der Waals surface area contributed by atoms with Crippen molar-refractivity contribution in [2.24, 2.45) is 14.1 Å². The van der Waals surface area contributed by atoms with E-state index in [1.165, 1.54) is 0 Å². The molecule has 0 atom stereocenters. The summed E-state index contributed by atoms with van der Waals surface area (Å²) >= 11 is 24.8. The van der Waals surface area contributed by atoms with E-state index in [4.69, 9.17) is 46.4 Å². The molecule has 2 aromatic carbocycles. The molecule has 0 fully saturated rings. The van der Waals surface area contributed by atoms with Gasteiger partial charge in [-0.25, -0.2) is 9.13 Å². The fourth-order valence-electron chi connectivity index (χ4n) is 3.74. The highest BCUT2D eigenvalue weighted by Crippen LogP contribution is 2.43. The zero-order valence-electron chi connectivity index (χ0n) is 16.7. The smallest absolute Gasteiger partial charge is 0.281 e. The van der Waals surface area contributed by atoms with Crippen LogP contribution in [0, 0.1) is 0 Å². The van der Waals surface area contributed by atoms with E-state index in [9.17, 15) is 0 Å². The Kier molecular flexibility index (Phi) is 6.57. The van der Waals surface area contributed by atoms with Crippen LogP contribution >= 0.6 is 46.4 Å². The maximum absolute atomic E-state index is 6.20. The molecule has 158 valence electrons. The van der Waals surface area contributed by atoms with E-state index in [2.05, 4.69) is 31.1 Å². The van der Waals surface area contributed by atoms with Gasteiger partial charge in [0.2, 0.25) is 0 Å². The zero-order valence-corrected chi connectivity index (χ0v) is 20.5. The van der Waals surface area contributed by atoms with Crippen molar-refractivity contribution in [1.29, 1.82) is 0 Å². The first-order valence-corrected chi connectivity index (χ1v) is 10.4. The lowest BCUT2D eigenvalue weighted by Crippen LogP contribution is -3.00. The maximum Gasteiger partial charge on any atom is 0.281 e. The highest BCUT2D eigenvalue weighted by molar-refractivity contribution is 6.43. The standard InChI is InChI=1S/C21H19Cl4N4.ClH/c1-26-16-8-12(22)13(23)9-17(16)27(2)20(26)6-5-7-21-28(3)18-10-14(24)15(25)11-19(18)29(21)4;/h5-11H,1-4H3;1H/q+1;/p-1. The molecule has 0 N–H and O–H groups in total. The van der Waals surface area contributed by atoms with Crippen LogP contribution in [0.15, 0.2) is 42.2 Å². The summed E-state index contributed by atoms with van der Waals surface area (Å²) in [5.74, 6) is 2.03. The van der Waals surface area contributed by atoms with Gasteiger partial charge in [0.1, 0.15) is 5.82 Å². The third-order valence-electron chi connectivity index (χ3n) is 5.35. The molecular weight excluding hydrogens is 486 g/mol. The Morgan fingerprint density at radius 2 is 1.30 bits per heavy atom. The van der Waals surface area contributed by atoms with E-state index in [-0.39, 0.29) is 12.4 Å². The van der Waals surface area contributed by atoms with Gasteiger partial charge in [-0.15, -0.1) is 0 Å². The Hall–Kier alpha value is -1.56. The van der Waals surface area contributed by atoms with Crippen LogP contribution in [0.4, 0.5) is 11.4 Å². The highest BCUT2D eigenvalue weighted by atomic mass is 35.5. The molecule has 0 amide bonds. The molecule has 30 heavy (non-hydrogen) atoms. The van der Waals surface area contributed by atoms with Gasteiger partial charge in [0.15, 0.2) is 11.0 Å². The molecule has 0 unspecified atom stereocenters. The second-order valence-corrected chi connectivity index (χ2v) is 8.62. The van der Waals surface area contributed by atoms with Gasteiger partial charge in [-0.1, -0.05) is 52.5 Å². The minimum atomic E-state index is 0. The van der Waals surface area contributed by atoms with Crippen molar-refractivity contribution < 1.29 is 17.0 Å². The van der Waals surface area contributed by atoms with Crippen LogP contribution in [0.2, 0.25) is 20.1 Å². The Bertz CT molecular complexity index is 1130. The van der Waals surface area contributed by atoms with E-state index in [1.807, 2.05) is 58.5 Å². The molecule has 0 radical (unpaired) electrons. The topological polar surface area (TPSA) is 15.3 Å². The first-order valence-electron chi connectivity index (χ1n) is 8.89. The second kappa shape index (κ2) is 8.52. The molecule has 4 nitrogen and oxygen atoms in total. The lowest BCUT2D eigenvalue weighted by molar-refractivity contribution is -0.647. The fourth-order valence-corrected chi connectivity index (χ4v) is 4.37. The van der Waals surface area contributed by atoms with Crippen molar-refractivity contribution >= 4 is 74.9 Å². The molecule has 1 aromatic heterocycles. The Morgan fingerprint density at radius 3 is 1.87 bits per heavy atom. The summed E-state index contributed by atoms with van der Waals surface area (Å²) in [7, 11) is 8.03. The first-order chi connectivity index (χ1) is 13.7. The fraction of sp³-hybridized carbons (Fsp3) is 0.190. The van der Waals surface area contributed by atoms with Crippen molar-refractivity contribution in [2.45, 2.75) is 0 Å². The van der Waals surface area contributed by atoms with E-state index in [0.717, 1.165) is 34.1 Å². The Balaban J connectivity index is 0.00000256. The first kappa shape index (κ1) is 23.1. The predicted octanol–water partition coefficient (Wildman–Crippen LogP) is 3.06. The van der Waals surface area contributed by atoms with Crippen LogP contribution < -0.4 is 26.8 Å².